The zero-order valence-corrected chi connectivity index (χ0v) is 12.2. The Kier molecular flexibility index (Phi) is 7.14. The first-order valence-electron chi connectivity index (χ1n) is 5.64. The molecule has 0 spiro atoms. The van der Waals surface area contributed by atoms with Gasteiger partial charge in [-0.3, -0.25) is 0 Å². The van der Waals surface area contributed by atoms with Crippen molar-refractivity contribution in [2.45, 2.75) is 11.8 Å². The Labute approximate surface area is 113 Å². The molecule has 5 nitrogen and oxygen atoms in total. The van der Waals surface area contributed by atoms with Crippen LogP contribution in [0.1, 0.15) is 5.56 Å². The standard InChI is InChI=1S/C7H8O3S.C5H13FNO/c1-6-2-4-7(5-3-6)11(8,9)10;1-7(2,5-6)3-4-8/h2-5H,1H3,(H,8,9,10);8H,3-5H2,1-2H3/q;+1/p-1/i;6-1. The van der Waals surface area contributed by atoms with E-state index < -0.39 is 16.9 Å². The summed E-state index contributed by atoms with van der Waals surface area (Å²) < 4.78 is 43.2. The predicted octanol–water partition coefficient (Wildman–Crippen LogP) is 0.881. The van der Waals surface area contributed by atoms with E-state index in [0.717, 1.165) is 5.56 Å². The van der Waals surface area contributed by atoms with Gasteiger partial charge >= 0.3 is 0 Å². The van der Waals surface area contributed by atoms with E-state index in [-0.39, 0.29) is 16.0 Å². The Balaban J connectivity index is 0.000000362. The van der Waals surface area contributed by atoms with E-state index in [4.69, 9.17) is 5.11 Å². The summed E-state index contributed by atoms with van der Waals surface area (Å²) in [6.07, 6.45) is 0. The van der Waals surface area contributed by atoms with Crippen LogP contribution >= 0.6 is 0 Å². The third-order valence-electron chi connectivity index (χ3n) is 2.34. The Morgan fingerprint density at radius 2 is 1.74 bits per heavy atom. The molecule has 0 aromatic heterocycles. The molecule has 1 aromatic rings. The van der Waals surface area contributed by atoms with Gasteiger partial charge in [-0.1, -0.05) is 17.7 Å². The third kappa shape index (κ3) is 7.89. The Morgan fingerprint density at radius 1 is 1.26 bits per heavy atom. The maximum atomic E-state index is 11.8. The number of hydrogen-bond donors (Lipinski definition) is 1. The number of quaternary nitrogens is 1. The number of rotatable bonds is 4. The average Bonchev–Trinajstić information content (AvgIpc) is 2.29. The number of alkyl halides is 1. The van der Waals surface area contributed by atoms with E-state index in [1.54, 1.807) is 26.2 Å². The number of nitrogens with zero attached hydrogens (tertiary/aromatic N) is 1. The van der Waals surface area contributed by atoms with E-state index in [2.05, 4.69) is 0 Å². The minimum Gasteiger partial charge on any atom is -0.744 e. The zero-order chi connectivity index (χ0) is 15.1. The highest BCUT2D eigenvalue weighted by Gasteiger charge is 2.11. The highest BCUT2D eigenvalue weighted by atomic mass is 32.2. The summed E-state index contributed by atoms with van der Waals surface area (Å²) in [4.78, 5) is -0.178. The second kappa shape index (κ2) is 7.54. The number of hydrogen-bond acceptors (Lipinski definition) is 4. The summed E-state index contributed by atoms with van der Waals surface area (Å²) in [5.74, 6) is 0. The lowest BCUT2D eigenvalue weighted by atomic mass is 10.2. The highest BCUT2D eigenvalue weighted by Crippen LogP contribution is 2.08. The van der Waals surface area contributed by atoms with Crippen molar-refractivity contribution in [3.63, 3.8) is 0 Å². The number of aryl methyl sites for hydroxylation is 1. The number of aliphatic hydroxyl groups is 1. The van der Waals surface area contributed by atoms with E-state index in [9.17, 15) is 17.4 Å². The Hall–Kier alpha value is -1.02. The summed E-state index contributed by atoms with van der Waals surface area (Å²) in [6, 6.07) is 5.78. The van der Waals surface area contributed by atoms with Gasteiger partial charge in [0, 0.05) is 0 Å². The van der Waals surface area contributed by atoms with Gasteiger partial charge in [-0.05, 0) is 19.1 Å². The molecule has 19 heavy (non-hydrogen) atoms. The van der Waals surface area contributed by atoms with Crippen LogP contribution in [0.3, 0.4) is 0 Å². The fourth-order valence-corrected chi connectivity index (χ4v) is 1.50. The number of aliphatic hydroxyl groups excluding tert-OH is 1. The zero-order valence-electron chi connectivity index (χ0n) is 11.3. The van der Waals surface area contributed by atoms with Crippen LogP contribution in [0.15, 0.2) is 29.2 Å². The maximum Gasteiger partial charge on any atom is 0.221 e. The SMILES string of the molecule is C[N+](C)(C[18F])CCO.Cc1ccc(S(=O)(=O)[O-])cc1. The smallest absolute Gasteiger partial charge is 0.221 e. The molecule has 0 aliphatic rings. The lowest BCUT2D eigenvalue weighted by Gasteiger charge is -2.24. The van der Waals surface area contributed by atoms with Crippen molar-refractivity contribution in [1.82, 2.24) is 0 Å². The quantitative estimate of drug-likeness (QED) is 0.508. The van der Waals surface area contributed by atoms with E-state index in [1.807, 2.05) is 6.92 Å². The van der Waals surface area contributed by atoms with Gasteiger partial charge in [0.05, 0.1) is 25.6 Å². The van der Waals surface area contributed by atoms with Crippen LogP contribution < -0.4 is 0 Å². The molecule has 0 radical (unpaired) electrons. The summed E-state index contributed by atoms with van der Waals surface area (Å²) in [5, 5.41) is 8.35. The van der Waals surface area contributed by atoms with Gasteiger partial charge < -0.3 is 14.1 Å². The van der Waals surface area contributed by atoms with Crippen molar-refractivity contribution >= 4 is 10.1 Å². The topological polar surface area (TPSA) is 77.4 Å². The van der Waals surface area contributed by atoms with Crippen LogP contribution in [0.4, 0.5) is 4.39 Å². The number of halogens is 1. The van der Waals surface area contributed by atoms with Gasteiger partial charge in [-0.25, -0.2) is 8.42 Å². The van der Waals surface area contributed by atoms with Crippen molar-refractivity contribution in [3.05, 3.63) is 29.8 Å². The van der Waals surface area contributed by atoms with Gasteiger partial charge in [-0.2, -0.15) is 4.39 Å². The predicted molar refractivity (Wildman–Crippen MR) is 69.2 cm³/mol. The largest absolute Gasteiger partial charge is 0.744 e. The minimum absolute atomic E-state index is 0.0525. The molecule has 0 aliphatic carbocycles. The number of benzene rings is 1. The molecule has 0 fully saturated rings. The fraction of sp³-hybridized carbons (Fsp3) is 0.500. The highest BCUT2D eigenvalue weighted by molar-refractivity contribution is 7.85. The average molecular weight is 292 g/mol. The first-order chi connectivity index (χ1) is 8.62. The molecular formula is C12H20FNO4S. The van der Waals surface area contributed by atoms with Crippen LogP contribution in [0, 0.1) is 6.92 Å². The van der Waals surface area contributed by atoms with Crippen molar-refractivity contribution in [2.75, 3.05) is 34.0 Å². The van der Waals surface area contributed by atoms with Crippen molar-refractivity contribution in [1.29, 1.82) is 0 Å². The first kappa shape index (κ1) is 18.0. The summed E-state index contributed by atoms with van der Waals surface area (Å²) in [7, 11) is -0.805. The molecular weight excluding hydrogens is 272 g/mol. The van der Waals surface area contributed by atoms with Crippen LogP contribution in [-0.2, 0) is 10.1 Å². The van der Waals surface area contributed by atoms with Crippen LogP contribution in [-0.4, -0.2) is 56.6 Å². The lowest BCUT2D eigenvalue weighted by molar-refractivity contribution is -0.903. The molecule has 7 heteroatoms. The molecule has 1 aromatic carbocycles. The van der Waals surface area contributed by atoms with Crippen LogP contribution in [0.5, 0.6) is 0 Å². The van der Waals surface area contributed by atoms with Crippen LogP contribution in [0.25, 0.3) is 0 Å². The third-order valence-corrected chi connectivity index (χ3v) is 3.19. The molecule has 110 valence electrons. The molecule has 0 unspecified atom stereocenters. The van der Waals surface area contributed by atoms with Gasteiger partial charge in [0.15, 0.2) is 0 Å². The van der Waals surface area contributed by atoms with E-state index >= 15 is 0 Å². The van der Waals surface area contributed by atoms with Gasteiger partial charge in [-0.15, -0.1) is 0 Å². The van der Waals surface area contributed by atoms with E-state index in [0.29, 0.717) is 6.54 Å². The molecule has 0 bridgehead atoms. The second-order valence-electron chi connectivity index (χ2n) is 4.77. The molecule has 0 atom stereocenters. The van der Waals surface area contributed by atoms with E-state index in [1.165, 1.54) is 12.1 Å². The molecule has 0 saturated heterocycles. The second-order valence-corrected chi connectivity index (χ2v) is 6.15. The Morgan fingerprint density at radius 3 is 2.00 bits per heavy atom. The van der Waals surface area contributed by atoms with Crippen molar-refractivity contribution in [2.24, 2.45) is 0 Å². The molecule has 1 N–H and O–H groups in total. The molecule has 0 saturated carbocycles. The molecule has 0 heterocycles. The van der Waals surface area contributed by atoms with Gasteiger partial charge in [0.2, 0.25) is 6.80 Å². The fourth-order valence-electron chi connectivity index (χ4n) is 1.04. The molecule has 0 aliphatic heterocycles. The summed E-state index contributed by atoms with van der Waals surface area (Å²) in [6.45, 7) is 1.94. The van der Waals surface area contributed by atoms with Gasteiger partial charge in [0.25, 0.3) is 0 Å². The minimum atomic E-state index is -4.27. The monoisotopic (exact) mass is 292 g/mol. The first-order valence-corrected chi connectivity index (χ1v) is 7.04. The maximum absolute atomic E-state index is 11.8. The van der Waals surface area contributed by atoms with Crippen molar-refractivity contribution in [3.8, 4) is 0 Å². The van der Waals surface area contributed by atoms with Crippen LogP contribution in [0.2, 0.25) is 0 Å². The van der Waals surface area contributed by atoms with Crippen molar-refractivity contribution < 1.29 is 27.0 Å². The normalized spacial score (nSPS) is 11.7. The van der Waals surface area contributed by atoms with Gasteiger partial charge in [0.1, 0.15) is 16.7 Å². The Bertz CT molecular complexity index is 471. The molecule has 1 rings (SSSR count). The summed E-state index contributed by atoms with van der Waals surface area (Å²) >= 11 is 0. The lowest BCUT2D eigenvalue weighted by Crippen LogP contribution is -2.40. The molecule has 0 amide bonds. The number of likely N-dealkylation sites (N-methyl/N-ethyl adjacent to an activating group) is 1. The summed E-state index contributed by atoms with van der Waals surface area (Å²) in [5.41, 5.74) is 0.928.